The Morgan fingerprint density at radius 2 is 1.94 bits per heavy atom. The molecule has 2 aliphatic heterocycles. The standard InChI is InChI=1S/C26H30N4O3/c1-4-26-16-20-19-15-18(33-3)11-12-21(19)28-22(20)23(17-9-7-6-8-10-17)30(26)25(32)29(24(26)31)14-13-27-5-2/h6-12,15,23,27-28H,4-5,13-14,16H2,1-3H3. The van der Waals surface area contributed by atoms with Crippen molar-refractivity contribution in [1.82, 2.24) is 20.1 Å². The van der Waals surface area contributed by atoms with E-state index in [1.165, 1.54) is 4.90 Å². The lowest BCUT2D eigenvalue weighted by Crippen LogP contribution is -2.55. The number of hydrogen-bond acceptors (Lipinski definition) is 4. The molecule has 7 nitrogen and oxygen atoms in total. The molecule has 5 rings (SSSR count). The van der Waals surface area contributed by atoms with Crippen LogP contribution in [0.5, 0.6) is 5.75 Å². The van der Waals surface area contributed by atoms with Gasteiger partial charge in [0.2, 0.25) is 0 Å². The van der Waals surface area contributed by atoms with Crippen LogP contribution in [0.15, 0.2) is 48.5 Å². The summed E-state index contributed by atoms with van der Waals surface area (Å²) < 4.78 is 5.48. The Kier molecular flexibility index (Phi) is 5.37. The van der Waals surface area contributed by atoms with Gasteiger partial charge >= 0.3 is 6.03 Å². The largest absolute Gasteiger partial charge is 0.497 e. The Morgan fingerprint density at radius 3 is 2.64 bits per heavy atom. The van der Waals surface area contributed by atoms with E-state index in [1.807, 2.05) is 67.3 Å². The van der Waals surface area contributed by atoms with E-state index in [1.54, 1.807) is 7.11 Å². The number of imide groups is 1. The number of nitrogens with one attached hydrogen (secondary N) is 2. The lowest BCUT2D eigenvalue weighted by Gasteiger charge is -2.44. The van der Waals surface area contributed by atoms with Crippen molar-refractivity contribution in [3.63, 3.8) is 0 Å². The van der Waals surface area contributed by atoms with Gasteiger partial charge in [-0.25, -0.2) is 4.79 Å². The number of methoxy groups -OCH3 is 1. The second kappa shape index (κ2) is 8.23. The minimum Gasteiger partial charge on any atom is -0.497 e. The first-order valence-corrected chi connectivity index (χ1v) is 11.6. The first kappa shape index (κ1) is 21.5. The highest BCUT2D eigenvalue weighted by Gasteiger charge is 2.61. The fraction of sp³-hybridized carbons (Fsp3) is 0.385. The molecule has 2 aromatic carbocycles. The van der Waals surface area contributed by atoms with Gasteiger partial charge < -0.3 is 15.0 Å². The molecular formula is C26H30N4O3. The van der Waals surface area contributed by atoms with Crippen LogP contribution in [-0.4, -0.2) is 59.0 Å². The summed E-state index contributed by atoms with van der Waals surface area (Å²) in [5.41, 5.74) is 3.13. The number of ether oxygens (including phenoxy) is 1. The third-order valence-electron chi connectivity index (χ3n) is 7.15. The van der Waals surface area contributed by atoms with Crippen molar-refractivity contribution >= 4 is 22.8 Å². The molecule has 7 heteroatoms. The highest BCUT2D eigenvalue weighted by molar-refractivity contribution is 6.08. The Hall–Kier alpha value is -3.32. The normalized spacial score (nSPS) is 22.1. The number of H-pyrrole nitrogens is 1. The Balaban J connectivity index is 1.71. The molecule has 1 fully saturated rings. The number of hydrogen-bond donors (Lipinski definition) is 2. The zero-order chi connectivity index (χ0) is 23.2. The molecule has 0 bridgehead atoms. The van der Waals surface area contributed by atoms with Crippen LogP contribution >= 0.6 is 0 Å². The highest BCUT2D eigenvalue weighted by atomic mass is 16.5. The summed E-state index contributed by atoms with van der Waals surface area (Å²) in [4.78, 5) is 34.5. The summed E-state index contributed by atoms with van der Waals surface area (Å²) in [5.74, 6) is 0.673. The minimum absolute atomic E-state index is 0.100. The molecule has 0 spiro atoms. The maximum Gasteiger partial charge on any atom is 0.328 e. The topological polar surface area (TPSA) is 77.7 Å². The number of likely N-dealkylation sites (N-methyl/N-ethyl adjacent to an activating group) is 1. The van der Waals surface area contributed by atoms with Gasteiger partial charge in [0.25, 0.3) is 5.91 Å². The number of carbonyl (C=O) groups excluding carboxylic acids is 2. The Bertz CT molecular complexity index is 1200. The molecule has 0 aliphatic carbocycles. The van der Waals surface area contributed by atoms with E-state index < -0.39 is 5.54 Å². The molecule has 0 saturated carbocycles. The van der Waals surface area contributed by atoms with Gasteiger partial charge in [-0.1, -0.05) is 44.2 Å². The number of carbonyl (C=O) groups is 2. The van der Waals surface area contributed by atoms with E-state index in [-0.39, 0.29) is 18.0 Å². The fourth-order valence-corrected chi connectivity index (χ4v) is 5.46. The van der Waals surface area contributed by atoms with Crippen LogP contribution in [0.1, 0.15) is 43.1 Å². The molecule has 1 saturated heterocycles. The number of amides is 3. The monoisotopic (exact) mass is 446 g/mol. The second-order valence-corrected chi connectivity index (χ2v) is 8.77. The summed E-state index contributed by atoms with van der Waals surface area (Å²) in [6, 6.07) is 15.4. The van der Waals surface area contributed by atoms with Crippen LogP contribution in [0.4, 0.5) is 4.79 Å². The number of fused-ring (bicyclic) bond motifs is 4. The van der Waals surface area contributed by atoms with Crippen molar-refractivity contribution in [2.45, 2.75) is 38.3 Å². The fourth-order valence-electron chi connectivity index (χ4n) is 5.46. The molecule has 2 aliphatic rings. The first-order valence-electron chi connectivity index (χ1n) is 11.6. The van der Waals surface area contributed by atoms with Crippen LogP contribution in [0.2, 0.25) is 0 Å². The molecule has 3 heterocycles. The van der Waals surface area contributed by atoms with E-state index >= 15 is 0 Å². The summed E-state index contributed by atoms with van der Waals surface area (Å²) >= 11 is 0. The molecule has 3 aromatic rings. The molecular weight excluding hydrogens is 416 g/mol. The molecule has 172 valence electrons. The summed E-state index contributed by atoms with van der Waals surface area (Å²) in [5, 5.41) is 4.28. The first-order chi connectivity index (χ1) is 16.1. The van der Waals surface area contributed by atoms with Gasteiger partial charge in [-0.05, 0) is 42.3 Å². The smallest absolute Gasteiger partial charge is 0.328 e. The lowest BCUT2D eigenvalue weighted by atomic mass is 9.78. The van der Waals surface area contributed by atoms with Gasteiger partial charge in [0.15, 0.2) is 0 Å². The lowest BCUT2D eigenvalue weighted by molar-refractivity contribution is -0.134. The van der Waals surface area contributed by atoms with Crippen LogP contribution in [-0.2, 0) is 11.2 Å². The van der Waals surface area contributed by atoms with Crippen molar-refractivity contribution in [3.05, 3.63) is 65.4 Å². The summed E-state index contributed by atoms with van der Waals surface area (Å²) in [6.45, 7) is 5.77. The van der Waals surface area contributed by atoms with E-state index in [2.05, 4.69) is 10.3 Å². The summed E-state index contributed by atoms with van der Waals surface area (Å²) in [6.07, 6.45) is 1.03. The van der Waals surface area contributed by atoms with E-state index in [9.17, 15) is 9.59 Å². The van der Waals surface area contributed by atoms with E-state index in [0.717, 1.165) is 40.0 Å². The molecule has 2 atom stereocenters. The van der Waals surface area contributed by atoms with E-state index in [0.29, 0.717) is 25.9 Å². The Labute approximate surface area is 193 Å². The number of aromatic nitrogens is 1. The average Bonchev–Trinajstić information content (AvgIpc) is 3.31. The van der Waals surface area contributed by atoms with Crippen molar-refractivity contribution in [2.24, 2.45) is 0 Å². The van der Waals surface area contributed by atoms with Gasteiger partial charge in [0, 0.05) is 36.1 Å². The van der Waals surface area contributed by atoms with Crippen LogP contribution in [0.3, 0.4) is 0 Å². The summed E-state index contributed by atoms with van der Waals surface area (Å²) in [7, 11) is 1.66. The van der Waals surface area contributed by atoms with Crippen molar-refractivity contribution in [3.8, 4) is 5.75 Å². The van der Waals surface area contributed by atoms with Crippen LogP contribution in [0, 0.1) is 0 Å². The SMILES string of the molecule is CCNCCN1C(=O)N2C(c3ccccc3)c3[nH]c4ccc(OC)cc4c3CC2(CC)C1=O. The van der Waals surface area contributed by atoms with Gasteiger partial charge in [-0.3, -0.25) is 14.6 Å². The van der Waals surface area contributed by atoms with Gasteiger partial charge in [-0.2, -0.15) is 0 Å². The van der Waals surface area contributed by atoms with Crippen molar-refractivity contribution < 1.29 is 14.3 Å². The maximum absolute atomic E-state index is 13.9. The number of aromatic amines is 1. The van der Waals surface area contributed by atoms with Gasteiger partial charge in [0.05, 0.1) is 7.11 Å². The highest BCUT2D eigenvalue weighted by Crippen LogP contribution is 2.50. The zero-order valence-electron chi connectivity index (χ0n) is 19.4. The van der Waals surface area contributed by atoms with Gasteiger partial charge in [-0.15, -0.1) is 0 Å². The minimum atomic E-state index is -0.908. The van der Waals surface area contributed by atoms with Gasteiger partial charge in [0.1, 0.15) is 17.3 Å². The van der Waals surface area contributed by atoms with Crippen LogP contribution < -0.4 is 10.1 Å². The number of rotatable bonds is 7. The van der Waals surface area contributed by atoms with Crippen molar-refractivity contribution in [1.29, 1.82) is 0 Å². The molecule has 0 radical (unpaired) electrons. The maximum atomic E-state index is 13.9. The quantitative estimate of drug-likeness (QED) is 0.427. The molecule has 3 amide bonds. The second-order valence-electron chi connectivity index (χ2n) is 8.77. The van der Waals surface area contributed by atoms with Crippen molar-refractivity contribution in [2.75, 3.05) is 26.7 Å². The average molecular weight is 447 g/mol. The molecule has 1 aromatic heterocycles. The third kappa shape index (κ3) is 3.14. The molecule has 2 N–H and O–H groups in total. The predicted molar refractivity (Wildman–Crippen MR) is 127 cm³/mol. The number of urea groups is 1. The number of nitrogens with zero attached hydrogens (tertiary/aromatic N) is 2. The zero-order valence-corrected chi connectivity index (χ0v) is 19.4. The molecule has 33 heavy (non-hydrogen) atoms. The predicted octanol–water partition coefficient (Wildman–Crippen LogP) is 3.84. The van der Waals surface area contributed by atoms with Crippen LogP contribution in [0.25, 0.3) is 10.9 Å². The third-order valence-corrected chi connectivity index (χ3v) is 7.15. The Morgan fingerprint density at radius 1 is 1.15 bits per heavy atom. The van der Waals surface area contributed by atoms with E-state index in [4.69, 9.17) is 4.74 Å². The molecule has 2 unspecified atom stereocenters. The number of benzene rings is 2.